The Morgan fingerprint density at radius 2 is 1.97 bits per heavy atom. The first kappa shape index (κ1) is 19.9. The second kappa shape index (κ2) is 8.51. The molecule has 1 aliphatic heterocycles. The van der Waals surface area contributed by atoms with E-state index in [0.717, 1.165) is 46.1 Å². The molecular formula is C23H23BrN2O3. The van der Waals surface area contributed by atoms with Crippen LogP contribution in [0.25, 0.3) is 11.0 Å². The van der Waals surface area contributed by atoms with Gasteiger partial charge in [0, 0.05) is 23.0 Å². The Kier molecular flexibility index (Phi) is 5.83. The molecule has 0 bridgehead atoms. The summed E-state index contributed by atoms with van der Waals surface area (Å²) in [6, 6.07) is 13.6. The fourth-order valence-corrected chi connectivity index (χ4v) is 3.97. The van der Waals surface area contributed by atoms with Gasteiger partial charge >= 0.3 is 0 Å². The van der Waals surface area contributed by atoms with Crippen molar-refractivity contribution in [3.05, 3.63) is 69.2 Å². The van der Waals surface area contributed by atoms with Gasteiger partial charge in [-0.2, -0.15) is 0 Å². The number of nitrogens with zero attached hydrogens (tertiary/aromatic N) is 1. The number of halogens is 1. The minimum Gasteiger partial charge on any atom is -0.438 e. The van der Waals surface area contributed by atoms with Crippen molar-refractivity contribution in [2.24, 2.45) is 4.99 Å². The van der Waals surface area contributed by atoms with Crippen LogP contribution in [-0.4, -0.2) is 25.2 Å². The third-order valence-corrected chi connectivity index (χ3v) is 5.40. The maximum atomic E-state index is 13.0. The Balaban J connectivity index is 1.77. The van der Waals surface area contributed by atoms with Crippen molar-refractivity contribution in [3.8, 4) is 0 Å². The normalized spacial score (nSPS) is 17.1. The monoisotopic (exact) mass is 454 g/mol. The van der Waals surface area contributed by atoms with Crippen LogP contribution in [0.4, 0.5) is 5.69 Å². The van der Waals surface area contributed by atoms with Crippen molar-refractivity contribution >= 4 is 38.5 Å². The fraction of sp³-hybridized carbons (Fsp3) is 0.304. The molecule has 5 nitrogen and oxygen atoms in total. The van der Waals surface area contributed by atoms with E-state index < -0.39 is 0 Å². The van der Waals surface area contributed by atoms with Crippen LogP contribution in [0, 0.1) is 13.8 Å². The summed E-state index contributed by atoms with van der Waals surface area (Å²) in [5, 5.41) is 3.81. The second-order valence-corrected chi connectivity index (χ2v) is 8.37. The Bertz CT molecular complexity index is 1110. The predicted molar refractivity (Wildman–Crippen MR) is 116 cm³/mol. The zero-order chi connectivity index (χ0) is 20.4. The quantitative estimate of drug-likeness (QED) is 0.606. The molecule has 2 heterocycles. The highest BCUT2D eigenvalue weighted by molar-refractivity contribution is 9.10. The van der Waals surface area contributed by atoms with Gasteiger partial charge in [0.1, 0.15) is 11.1 Å². The highest BCUT2D eigenvalue weighted by Crippen LogP contribution is 2.21. The van der Waals surface area contributed by atoms with Gasteiger partial charge in [0.05, 0.1) is 11.8 Å². The van der Waals surface area contributed by atoms with E-state index in [0.29, 0.717) is 23.2 Å². The lowest BCUT2D eigenvalue weighted by Crippen LogP contribution is -2.34. The summed E-state index contributed by atoms with van der Waals surface area (Å²) in [7, 11) is 0. The minimum absolute atomic E-state index is 0.0744. The van der Waals surface area contributed by atoms with E-state index in [9.17, 15) is 4.79 Å². The van der Waals surface area contributed by atoms with Crippen molar-refractivity contribution in [2.45, 2.75) is 32.8 Å². The molecule has 1 N–H and O–H groups in total. The molecule has 1 unspecified atom stereocenters. The van der Waals surface area contributed by atoms with Gasteiger partial charge in [-0.25, -0.2) is 4.99 Å². The number of carbonyl (C=O) groups is 1. The van der Waals surface area contributed by atoms with E-state index >= 15 is 0 Å². The van der Waals surface area contributed by atoms with Crippen LogP contribution in [0.15, 0.2) is 56.3 Å². The predicted octanol–water partition coefficient (Wildman–Crippen LogP) is 4.95. The Hall–Kier alpha value is -2.44. The molecular weight excluding hydrogens is 432 g/mol. The number of nitrogens with one attached hydrogen (secondary N) is 1. The summed E-state index contributed by atoms with van der Waals surface area (Å²) in [6.07, 6.45) is 2.08. The molecule has 4 rings (SSSR count). The number of hydrogen-bond donors (Lipinski definition) is 1. The van der Waals surface area contributed by atoms with Crippen LogP contribution in [0.1, 0.15) is 34.3 Å². The average molecular weight is 455 g/mol. The van der Waals surface area contributed by atoms with E-state index in [1.54, 1.807) is 0 Å². The molecule has 2 aromatic carbocycles. The van der Waals surface area contributed by atoms with E-state index in [-0.39, 0.29) is 12.0 Å². The maximum Gasteiger partial charge on any atom is 0.256 e. The molecule has 1 saturated heterocycles. The summed E-state index contributed by atoms with van der Waals surface area (Å²) >= 11 is 3.48. The van der Waals surface area contributed by atoms with Gasteiger partial charge in [0.2, 0.25) is 5.55 Å². The van der Waals surface area contributed by atoms with Crippen LogP contribution in [0.3, 0.4) is 0 Å². The van der Waals surface area contributed by atoms with E-state index in [1.165, 1.54) is 0 Å². The lowest BCUT2D eigenvalue weighted by atomic mass is 10.1. The van der Waals surface area contributed by atoms with Crippen LogP contribution in [0.5, 0.6) is 0 Å². The number of rotatable bonds is 4. The second-order valence-electron chi connectivity index (χ2n) is 7.45. The van der Waals surface area contributed by atoms with Gasteiger partial charge in [0.25, 0.3) is 5.91 Å². The summed E-state index contributed by atoms with van der Waals surface area (Å²) in [6.45, 7) is 5.29. The molecule has 0 saturated carbocycles. The van der Waals surface area contributed by atoms with Gasteiger partial charge in [-0.3, -0.25) is 4.79 Å². The molecule has 0 aliphatic carbocycles. The third-order valence-electron chi connectivity index (χ3n) is 4.90. The summed E-state index contributed by atoms with van der Waals surface area (Å²) < 4.78 is 12.6. The Morgan fingerprint density at radius 3 is 2.69 bits per heavy atom. The smallest absolute Gasteiger partial charge is 0.256 e. The van der Waals surface area contributed by atoms with Crippen LogP contribution in [-0.2, 0) is 4.74 Å². The van der Waals surface area contributed by atoms with Crippen LogP contribution >= 0.6 is 15.9 Å². The lowest BCUT2D eigenvalue weighted by molar-refractivity contribution is 0.0854. The third kappa shape index (κ3) is 4.77. The summed E-state index contributed by atoms with van der Waals surface area (Å²) in [5.74, 6) is -0.214. The molecule has 1 amide bonds. The van der Waals surface area contributed by atoms with Crippen molar-refractivity contribution in [1.82, 2.24) is 5.32 Å². The van der Waals surface area contributed by atoms with Gasteiger partial charge in [-0.05, 0) is 74.2 Å². The van der Waals surface area contributed by atoms with Crippen molar-refractivity contribution in [2.75, 3.05) is 13.2 Å². The molecule has 0 radical (unpaired) electrons. The van der Waals surface area contributed by atoms with E-state index in [1.807, 2.05) is 50.2 Å². The average Bonchev–Trinajstić information content (AvgIpc) is 3.18. The molecule has 6 heteroatoms. The molecule has 1 aliphatic rings. The molecule has 29 heavy (non-hydrogen) atoms. The van der Waals surface area contributed by atoms with Crippen molar-refractivity contribution in [1.29, 1.82) is 0 Å². The number of hydrogen-bond acceptors (Lipinski definition) is 4. The largest absolute Gasteiger partial charge is 0.438 e. The first-order valence-electron chi connectivity index (χ1n) is 9.74. The van der Waals surface area contributed by atoms with Crippen molar-refractivity contribution < 1.29 is 13.9 Å². The number of carbonyl (C=O) groups excluding carboxylic acids is 1. The molecule has 1 aromatic heterocycles. The molecule has 150 valence electrons. The zero-order valence-electron chi connectivity index (χ0n) is 16.5. The topological polar surface area (TPSA) is 63.8 Å². The zero-order valence-corrected chi connectivity index (χ0v) is 18.1. The fourth-order valence-electron chi connectivity index (χ4n) is 3.59. The minimum atomic E-state index is -0.214. The molecule has 3 aromatic rings. The highest BCUT2D eigenvalue weighted by Gasteiger charge is 2.18. The molecule has 0 spiro atoms. The first-order valence-corrected chi connectivity index (χ1v) is 10.5. The SMILES string of the molecule is Cc1cc(C)cc(N=c2oc3ccc(Br)cc3cc2C(=O)NCC2CCCO2)c1. The summed E-state index contributed by atoms with van der Waals surface area (Å²) in [5.41, 5.74) is 4.36. The molecule has 1 fully saturated rings. The standard InChI is InChI=1S/C23H23BrN2O3/c1-14-8-15(2)10-18(9-14)26-23-20(22(27)25-13-19-4-3-7-28-19)12-16-11-17(24)5-6-21(16)29-23/h5-6,8-12,19H,3-4,7,13H2,1-2H3,(H,25,27). The van der Waals surface area contributed by atoms with Gasteiger partial charge in [-0.1, -0.05) is 22.0 Å². The first-order chi connectivity index (χ1) is 14.0. The number of benzene rings is 2. The van der Waals surface area contributed by atoms with Gasteiger partial charge < -0.3 is 14.5 Å². The summed E-state index contributed by atoms with van der Waals surface area (Å²) in [4.78, 5) is 17.6. The Labute approximate surface area is 177 Å². The van der Waals surface area contributed by atoms with Crippen molar-refractivity contribution in [3.63, 3.8) is 0 Å². The van der Waals surface area contributed by atoms with E-state index in [2.05, 4.69) is 32.3 Å². The lowest BCUT2D eigenvalue weighted by Gasteiger charge is -2.11. The van der Waals surface area contributed by atoms with Gasteiger partial charge in [-0.15, -0.1) is 0 Å². The molecule has 1 atom stereocenters. The Morgan fingerprint density at radius 1 is 1.17 bits per heavy atom. The number of ether oxygens (including phenoxy) is 1. The number of amides is 1. The number of aryl methyl sites for hydroxylation is 2. The van der Waals surface area contributed by atoms with Crippen LogP contribution in [0.2, 0.25) is 0 Å². The highest BCUT2D eigenvalue weighted by atomic mass is 79.9. The number of fused-ring (bicyclic) bond motifs is 1. The maximum absolute atomic E-state index is 13.0. The van der Waals surface area contributed by atoms with Crippen LogP contribution < -0.4 is 10.9 Å². The van der Waals surface area contributed by atoms with Gasteiger partial charge in [0.15, 0.2) is 0 Å². The van der Waals surface area contributed by atoms with E-state index in [4.69, 9.17) is 9.15 Å².